The number of hydrogen-bond donors (Lipinski definition) is 0. The highest BCUT2D eigenvalue weighted by molar-refractivity contribution is 6.11. The zero-order valence-electron chi connectivity index (χ0n) is 18.8. The van der Waals surface area contributed by atoms with Crippen LogP contribution in [-0.4, -0.2) is 49.6 Å². The molecule has 168 valence electrons. The highest BCUT2D eigenvalue weighted by Gasteiger charge is 2.51. The van der Waals surface area contributed by atoms with Crippen molar-refractivity contribution in [2.24, 2.45) is 11.8 Å². The molecule has 2 heterocycles. The van der Waals surface area contributed by atoms with Gasteiger partial charge in [0.2, 0.25) is 0 Å². The summed E-state index contributed by atoms with van der Waals surface area (Å²) in [5.74, 6) is 1.30. The van der Waals surface area contributed by atoms with Gasteiger partial charge in [-0.1, -0.05) is 32.4 Å². The molecular formula is C25H33NO5. The van der Waals surface area contributed by atoms with Crippen molar-refractivity contribution in [3.8, 4) is 5.75 Å². The summed E-state index contributed by atoms with van der Waals surface area (Å²) in [6, 6.07) is 7.31. The van der Waals surface area contributed by atoms with E-state index in [1.807, 2.05) is 24.3 Å². The average Bonchev–Trinajstić information content (AvgIpc) is 3.04. The maximum Gasteiger partial charge on any atom is 0.290 e. The first kappa shape index (κ1) is 21.9. The van der Waals surface area contributed by atoms with Crippen molar-refractivity contribution in [1.29, 1.82) is 0 Å². The third kappa shape index (κ3) is 4.36. The summed E-state index contributed by atoms with van der Waals surface area (Å²) in [7, 11) is 1.61. The summed E-state index contributed by atoms with van der Waals surface area (Å²) in [5, 5.41) is 0. The third-order valence-electron chi connectivity index (χ3n) is 6.53. The molecule has 6 heteroatoms. The largest absolute Gasteiger partial charge is 0.494 e. The SMILES string of the molecule is COCCN1C(=O)C2=C(C(=O)C3CCCCC3O2)C1c1cccc(OCCC(C)C)c1. The smallest absolute Gasteiger partial charge is 0.290 e. The van der Waals surface area contributed by atoms with Crippen molar-refractivity contribution >= 4 is 11.7 Å². The van der Waals surface area contributed by atoms with Gasteiger partial charge in [0.05, 0.1) is 30.7 Å². The van der Waals surface area contributed by atoms with E-state index in [9.17, 15) is 9.59 Å². The minimum absolute atomic E-state index is 0.0790. The number of methoxy groups -OCH3 is 1. The number of fused-ring (bicyclic) bond motifs is 1. The number of benzene rings is 1. The Labute approximate surface area is 184 Å². The molecule has 1 aromatic rings. The number of ketones is 1. The second kappa shape index (κ2) is 9.43. The molecule has 1 aromatic carbocycles. The Hall–Kier alpha value is -2.34. The van der Waals surface area contributed by atoms with Crippen LogP contribution in [0.5, 0.6) is 5.75 Å². The molecule has 6 nitrogen and oxygen atoms in total. The van der Waals surface area contributed by atoms with Gasteiger partial charge in [0.25, 0.3) is 5.91 Å². The molecule has 0 saturated heterocycles. The summed E-state index contributed by atoms with van der Waals surface area (Å²) < 4.78 is 17.4. The average molecular weight is 428 g/mol. The Bertz CT molecular complexity index is 861. The molecule has 4 rings (SSSR count). The van der Waals surface area contributed by atoms with Crippen LogP contribution in [-0.2, 0) is 19.1 Å². The molecule has 1 aliphatic carbocycles. The van der Waals surface area contributed by atoms with Crippen LogP contribution >= 0.6 is 0 Å². The minimum Gasteiger partial charge on any atom is -0.494 e. The molecule has 2 aliphatic heterocycles. The van der Waals surface area contributed by atoms with E-state index in [0.717, 1.165) is 43.4 Å². The second-order valence-corrected chi connectivity index (χ2v) is 9.15. The van der Waals surface area contributed by atoms with Gasteiger partial charge in [0, 0.05) is 13.7 Å². The maximum atomic E-state index is 13.5. The molecule has 0 radical (unpaired) electrons. The highest BCUT2D eigenvalue weighted by Crippen LogP contribution is 2.46. The van der Waals surface area contributed by atoms with Gasteiger partial charge in [-0.3, -0.25) is 9.59 Å². The summed E-state index contributed by atoms with van der Waals surface area (Å²) in [6.45, 7) is 5.77. The molecule has 3 atom stereocenters. The number of Topliss-reactive ketones (excluding diaryl/α,β-unsaturated/α-hetero) is 1. The Balaban J connectivity index is 1.67. The van der Waals surface area contributed by atoms with Crippen LogP contribution in [0.2, 0.25) is 0 Å². The van der Waals surface area contributed by atoms with Crippen LogP contribution in [0.15, 0.2) is 35.6 Å². The van der Waals surface area contributed by atoms with Crippen LogP contribution in [0.4, 0.5) is 0 Å². The Morgan fingerprint density at radius 3 is 2.74 bits per heavy atom. The van der Waals surface area contributed by atoms with Gasteiger partial charge >= 0.3 is 0 Å². The first-order chi connectivity index (χ1) is 15.0. The topological polar surface area (TPSA) is 65.1 Å². The molecule has 1 amide bonds. The number of ether oxygens (including phenoxy) is 3. The lowest BCUT2D eigenvalue weighted by atomic mass is 9.77. The van der Waals surface area contributed by atoms with E-state index in [-0.39, 0.29) is 29.5 Å². The van der Waals surface area contributed by atoms with Crippen molar-refractivity contribution < 1.29 is 23.8 Å². The molecule has 0 bridgehead atoms. The quantitative estimate of drug-likeness (QED) is 0.626. The monoisotopic (exact) mass is 427 g/mol. The molecule has 1 fully saturated rings. The van der Waals surface area contributed by atoms with Gasteiger partial charge in [-0.05, 0) is 49.3 Å². The van der Waals surface area contributed by atoms with E-state index < -0.39 is 6.04 Å². The fraction of sp³-hybridized carbons (Fsp3) is 0.600. The van der Waals surface area contributed by atoms with Gasteiger partial charge in [0.15, 0.2) is 11.5 Å². The lowest BCUT2D eigenvalue weighted by molar-refractivity contribution is -0.135. The maximum absolute atomic E-state index is 13.5. The van der Waals surface area contributed by atoms with Crippen LogP contribution in [0.1, 0.15) is 57.6 Å². The first-order valence-corrected chi connectivity index (χ1v) is 11.5. The summed E-state index contributed by atoms with van der Waals surface area (Å²) in [5.41, 5.74) is 1.39. The number of amides is 1. The van der Waals surface area contributed by atoms with Crippen LogP contribution in [0.3, 0.4) is 0 Å². The standard InChI is InChI=1S/C25H33NO5/c1-16(2)11-13-30-18-8-6-7-17(15-18)22-21-23(27)19-9-4-5-10-20(19)31-24(21)25(28)26(22)12-14-29-3/h6-8,15-16,19-20,22H,4-5,9-14H2,1-3H3. The number of hydrogen-bond acceptors (Lipinski definition) is 5. The highest BCUT2D eigenvalue weighted by atomic mass is 16.5. The van der Waals surface area contributed by atoms with E-state index in [0.29, 0.717) is 31.2 Å². The number of rotatable bonds is 8. The molecule has 31 heavy (non-hydrogen) atoms. The van der Waals surface area contributed by atoms with Crippen LogP contribution in [0.25, 0.3) is 0 Å². The van der Waals surface area contributed by atoms with E-state index in [2.05, 4.69) is 13.8 Å². The predicted octanol–water partition coefficient (Wildman–Crippen LogP) is 4.05. The fourth-order valence-corrected chi connectivity index (χ4v) is 4.85. The van der Waals surface area contributed by atoms with E-state index in [1.54, 1.807) is 12.0 Å². The lowest BCUT2D eigenvalue weighted by Crippen LogP contribution is -2.39. The van der Waals surface area contributed by atoms with Crippen molar-refractivity contribution in [3.05, 3.63) is 41.2 Å². The van der Waals surface area contributed by atoms with Gasteiger partial charge in [-0.15, -0.1) is 0 Å². The molecule has 3 unspecified atom stereocenters. The van der Waals surface area contributed by atoms with Crippen LogP contribution < -0.4 is 4.74 Å². The van der Waals surface area contributed by atoms with Crippen molar-refractivity contribution in [3.63, 3.8) is 0 Å². The van der Waals surface area contributed by atoms with Gasteiger partial charge in [-0.2, -0.15) is 0 Å². The summed E-state index contributed by atoms with van der Waals surface area (Å²) in [4.78, 5) is 28.5. The summed E-state index contributed by atoms with van der Waals surface area (Å²) in [6.07, 6.45) is 4.54. The van der Waals surface area contributed by atoms with Gasteiger partial charge in [-0.25, -0.2) is 0 Å². The lowest BCUT2D eigenvalue weighted by Gasteiger charge is -2.35. The fourth-order valence-electron chi connectivity index (χ4n) is 4.85. The first-order valence-electron chi connectivity index (χ1n) is 11.5. The normalized spacial score (nSPS) is 25.5. The second-order valence-electron chi connectivity index (χ2n) is 9.15. The van der Waals surface area contributed by atoms with E-state index in [4.69, 9.17) is 14.2 Å². The van der Waals surface area contributed by atoms with Crippen LogP contribution in [0, 0.1) is 11.8 Å². The van der Waals surface area contributed by atoms with Gasteiger partial charge in [0.1, 0.15) is 11.9 Å². The Morgan fingerprint density at radius 2 is 1.97 bits per heavy atom. The summed E-state index contributed by atoms with van der Waals surface area (Å²) >= 11 is 0. The number of nitrogens with zero attached hydrogens (tertiary/aromatic N) is 1. The molecule has 3 aliphatic rings. The zero-order chi connectivity index (χ0) is 22.0. The number of carbonyl (C=O) groups excluding carboxylic acids is 2. The Kier molecular flexibility index (Phi) is 6.65. The van der Waals surface area contributed by atoms with E-state index in [1.165, 1.54) is 0 Å². The molecule has 1 saturated carbocycles. The third-order valence-corrected chi connectivity index (χ3v) is 6.53. The van der Waals surface area contributed by atoms with Gasteiger partial charge < -0.3 is 19.1 Å². The zero-order valence-corrected chi connectivity index (χ0v) is 18.8. The van der Waals surface area contributed by atoms with Crippen molar-refractivity contribution in [2.45, 2.75) is 58.1 Å². The van der Waals surface area contributed by atoms with Crippen molar-refractivity contribution in [1.82, 2.24) is 4.90 Å². The number of carbonyl (C=O) groups is 2. The molecule has 0 N–H and O–H groups in total. The Morgan fingerprint density at radius 1 is 1.16 bits per heavy atom. The molecule has 0 aromatic heterocycles. The molecule has 0 spiro atoms. The van der Waals surface area contributed by atoms with Crippen molar-refractivity contribution in [2.75, 3.05) is 26.9 Å². The minimum atomic E-state index is -0.457. The predicted molar refractivity (Wildman–Crippen MR) is 117 cm³/mol. The van der Waals surface area contributed by atoms with E-state index >= 15 is 0 Å². The molecular weight excluding hydrogens is 394 g/mol.